The van der Waals surface area contributed by atoms with Gasteiger partial charge in [-0.2, -0.15) is 0 Å². The summed E-state index contributed by atoms with van der Waals surface area (Å²) in [5.74, 6) is -0.862. The van der Waals surface area contributed by atoms with E-state index in [4.69, 9.17) is 0 Å². The van der Waals surface area contributed by atoms with Gasteiger partial charge in [0, 0.05) is 18.6 Å². The molecular formula is C15H12FNO3. The van der Waals surface area contributed by atoms with Gasteiger partial charge in [0.2, 0.25) is 0 Å². The molecule has 102 valence electrons. The molecule has 0 amide bonds. The molecule has 0 heterocycles. The van der Waals surface area contributed by atoms with Crippen molar-refractivity contribution >= 4 is 11.5 Å². The van der Waals surface area contributed by atoms with Crippen LogP contribution in [0, 0.1) is 22.9 Å². The lowest BCUT2D eigenvalue weighted by Gasteiger charge is -2.05. The number of Topliss-reactive ketones (excluding diaryl/α,β-unsaturated/α-hetero) is 1. The lowest BCUT2D eigenvalue weighted by atomic mass is 10.0. The van der Waals surface area contributed by atoms with Crippen molar-refractivity contribution in [2.45, 2.75) is 13.3 Å². The molecule has 2 aromatic carbocycles. The predicted molar refractivity (Wildman–Crippen MR) is 72.3 cm³/mol. The topological polar surface area (TPSA) is 60.2 Å². The Kier molecular flexibility index (Phi) is 3.89. The second-order valence-electron chi connectivity index (χ2n) is 4.46. The molecule has 0 saturated carbocycles. The number of ketones is 1. The molecule has 0 fully saturated rings. The van der Waals surface area contributed by atoms with Gasteiger partial charge in [0.1, 0.15) is 5.82 Å². The zero-order chi connectivity index (χ0) is 14.7. The van der Waals surface area contributed by atoms with Crippen LogP contribution in [-0.4, -0.2) is 10.7 Å². The van der Waals surface area contributed by atoms with E-state index in [-0.39, 0.29) is 23.5 Å². The third-order valence-electron chi connectivity index (χ3n) is 3.00. The van der Waals surface area contributed by atoms with Gasteiger partial charge in [-0.25, -0.2) is 4.39 Å². The summed E-state index contributed by atoms with van der Waals surface area (Å²) in [4.78, 5) is 22.1. The first-order valence-electron chi connectivity index (χ1n) is 6.00. The fourth-order valence-electron chi connectivity index (χ4n) is 1.88. The minimum Gasteiger partial charge on any atom is -0.294 e. The van der Waals surface area contributed by atoms with Gasteiger partial charge in [0.05, 0.1) is 10.5 Å². The normalized spacial score (nSPS) is 10.3. The summed E-state index contributed by atoms with van der Waals surface area (Å²) in [6.45, 7) is 1.60. The van der Waals surface area contributed by atoms with Crippen LogP contribution < -0.4 is 0 Å². The van der Waals surface area contributed by atoms with E-state index >= 15 is 0 Å². The zero-order valence-corrected chi connectivity index (χ0v) is 10.8. The van der Waals surface area contributed by atoms with Crippen LogP contribution in [0.4, 0.5) is 10.1 Å². The Bertz CT molecular complexity index is 665. The average molecular weight is 273 g/mol. The molecule has 0 aliphatic heterocycles. The van der Waals surface area contributed by atoms with Crippen molar-refractivity contribution in [1.29, 1.82) is 0 Å². The van der Waals surface area contributed by atoms with E-state index in [1.807, 2.05) is 0 Å². The molecule has 0 aromatic heterocycles. The van der Waals surface area contributed by atoms with Crippen molar-refractivity contribution in [1.82, 2.24) is 0 Å². The van der Waals surface area contributed by atoms with Gasteiger partial charge >= 0.3 is 0 Å². The van der Waals surface area contributed by atoms with Crippen molar-refractivity contribution in [3.8, 4) is 0 Å². The zero-order valence-electron chi connectivity index (χ0n) is 10.8. The Morgan fingerprint density at radius 2 is 1.85 bits per heavy atom. The Morgan fingerprint density at radius 3 is 2.45 bits per heavy atom. The van der Waals surface area contributed by atoms with E-state index in [1.54, 1.807) is 19.1 Å². The first-order chi connectivity index (χ1) is 9.49. The molecule has 0 spiro atoms. The number of halogens is 1. The summed E-state index contributed by atoms with van der Waals surface area (Å²) in [5.41, 5.74) is 1.03. The quantitative estimate of drug-likeness (QED) is 0.487. The molecule has 0 atom stereocenters. The molecule has 2 aromatic rings. The van der Waals surface area contributed by atoms with Gasteiger partial charge in [0.15, 0.2) is 5.78 Å². The van der Waals surface area contributed by atoms with Gasteiger partial charge in [-0.05, 0) is 24.1 Å². The highest BCUT2D eigenvalue weighted by Gasteiger charge is 2.14. The van der Waals surface area contributed by atoms with Crippen molar-refractivity contribution in [3.05, 3.63) is 75.1 Å². The van der Waals surface area contributed by atoms with E-state index in [0.717, 1.165) is 0 Å². The predicted octanol–water partition coefficient (Wildman–Crippen LogP) is 3.47. The SMILES string of the molecule is Cc1cccc(C(=O)Cc2ccc([N+](=O)[O-])cc2)c1F. The molecule has 0 radical (unpaired) electrons. The summed E-state index contributed by atoms with van der Waals surface area (Å²) in [6, 6.07) is 10.3. The van der Waals surface area contributed by atoms with Gasteiger partial charge in [-0.1, -0.05) is 24.3 Å². The highest BCUT2D eigenvalue weighted by molar-refractivity contribution is 5.97. The van der Waals surface area contributed by atoms with Gasteiger partial charge in [-0.3, -0.25) is 14.9 Å². The Balaban J connectivity index is 2.19. The van der Waals surface area contributed by atoms with Crippen molar-refractivity contribution in [3.63, 3.8) is 0 Å². The summed E-state index contributed by atoms with van der Waals surface area (Å²) in [5, 5.41) is 10.5. The molecule has 5 heteroatoms. The number of hydrogen-bond donors (Lipinski definition) is 0. The first kappa shape index (κ1) is 13.9. The smallest absolute Gasteiger partial charge is 0.269 e. The number of aryl methyl sites for hydroxylation is 1. The van der Waals surface area contributed by atoms with E-state index < -0.39 is 10.7 Å². The van der Waals surface area contributed by atoms with Crippen molar-refractivity contribution in [2.24, 2.45) is 0 Å². The number of carbonyl (C=O) groups is 1. The number of rotatable bonds is 4. The number of nitro groups is 1. The largest absolute Gasteiger partial charge is 0.294 e. The van der Waals surface area contributed by atoms with Gasteiger partial charge in [0.25, 0.3) is 5.69 Å². The lowest BCUT2D eigenvalue weighted by molar-refractivity contribution is -0.384. The number of benzene rings is 2. The molecule has 20 heavy (non-hydrogen) atoms. The minimum absolute atomic E-state index is 0.0123. The number of nitro benzene ring substituents is 1. The minimum atomic E-state index is -0.514. The summed E-state index contributed by atoms with van der Waals surface area (Å²) in [7, 11) is 0. The standard InChI is InChI=1S/C15H12FNO3/c1-10-3-2-4-13(15(10)16)14(18)9-11-5-7-12(8-6-11)17(19)20/h2-8H,9H2,1H3. The van der Waals surface area contributed by atoms with Crippen LogP contribution in [0.5, 0.6) is 0 Å². The van der Waals surface area contributed by atoms with Gasteiger partial charge < -0.3 is 0 Å². The van der Waals surface area contributed by atoms with E-state index in [9.17, 15) is 19.3 Å². The fraction of sp³-hybridized carbons (Fsp3) is 0.133. The van der Waals surface area contributed by atoms with Crippen LogP contribution in [0.25, 0.3) is 0 Å². The second kappa shape index (κ2) is 5.61. The van der Waals surface area contributed by atoms with E-state index in [0.29, 0.717) is 11.1 Å². The summed E-state index contributed by atoms with van der Waals surface area (Å²) >= 11 is 0. The highest BCUT2D eigenvalue weighted by atomic mass is 19.1. The molecule has 0 bridgehead atoms. The van der Waals surface area contributed by atoms with Crippen LogP contribution in [0.15, 0.2) is 42.5 Å². The van der Waals surface area contributed by atoms with Crippen LogP contribution in [0.1, 0.15) is 21.5 Å². The molecule has 4 nitrogen and oxygen atoms in total. The average Bonchev–Trinajstić information content (AvgIpc) is 2.42. The van der Waals surface area contributed by atoms with Crippen LogP contribution in [0.3, 0.4) is 0 Å². The number of carbonyl (C=O) groups excluding carboxylic acids is 1. The third-order valence-corrected chi connectivity index (χ3v) is 3.00. The third kappa shape index (κ3) is 2.88. The monoisotopic (exact) mass is 273 g/mol. The fourth-order valence-corrected chi connectivity index (χ4v) is 1.88. The maximum Gasteiger partial charge on any atom is 0.269 e. The van der Waals surface area contributed by atoms with Gasteiger partial charge in [-0.15, -0.1) is 0 Å². The number of nitrogens with zero attached hydrogens (tertiary/aromatic N) is 1. The lowest BCUT2D eigenvalue weighted by Crippen LogP contribution is -2.07. The summed E-state index contributed by atoms with van der Waals surface area (Å²) < 4.78 is 13.8. The molecule has 0 aliphatic carbocycles. The molecule has 0 saturated heterocycles. The van der Waals surface area contributed by atoms with E-state index in [1.165, 1.54) is 30.3 Å². The van der Waals surface area contributed by atoms with Crippen LogP contribution in [-0.2, 0) is 6.42 Å². The molecule has 0 unspecified atom stereocenters. The Morgan fingerprint density at radius 1 is 1.20 bits per heavy atom. The highest BCUT2D eigenvalue weighted by Crippen LogP contribution is 2.17. The maximum absolute atomic E-state index is 13.8. The van der Waals surface area contributed by atoms with Crippen molar-refractivity contribution < 1.29 is 14.1 Å². The number of non-ortho nitro benzene ring substituents is 1. The Hall–Kier alpha value is -2.56. The van der Waals surface area contributed by atoms with Crippen molar-refractivity contribution in [2.75, 3.05) is 0 Å². The molecule has 2 rings (SSSR count). The second-order valence-corrected chi connectivity index (χ2v) is 4.46. The molecular weight excluding hydrogens is 261 g/mol. The Labute approximate surface area is 115 Å². The van der Waals surface area contributed by atoms with Crippen LogP contribution >= 0.6 is 0 Å². The van der Waals surface area contributed by atoms with Crippen LogP contribution in [0.2, 0.25) is 0 Å². The molecule has 0 aliphatic rings. The van der Waals surface area contributed by atoms with E-state index in [2.05, 4.69) is 0 Å². The maximum atomic E-state index is 13.8. The molecule has 0 N–H and O–H groups in total. The summed E-state index contributed by atoms with van der Waals surface area (Å²) in [6.07, 6.45) is 0.0123. The number of hydrogen-bond acceptors (Lipinski definition) is 3. The first-order valence-corrected chi connectivity index (χ1v) is 6.00.